The molecule has 5 N–H and O–H groups in total. The van der Waals surface area contributed by atoms with Crippen molar-refractivity contribution in [2.75, 3.05) is 5.32 Å². The lowest BCUT2D eigenvalue weighted by Gasteiger charge is -2.13. The van der Waals surface area contributed by atoms with Crippen LogP contribution in [-0.4, -0.2) is 28.4 Å². The van der Waals surface area contributed by atoms with Crippen LogP contribution < -0.4 is 16.2 Å². The average Bonchev–Trinajstić information content (AvgIpc) is 2.25. The highest BCUT2D eigenvalue weighted by Gasteiger charge is 2.48. The third kappa shape index (κ3) is 3.62. The molecule has 0 heterocycles. The molecule has 1 aromatic rings. The molecule has 1 rings (SSSR count). The molecule has 8 nitrogen and oxygen atoms in total. The molecule has 0 fully saturated rings. The summed E-state index contributed by atoms with van der Waals surface area (Å²) in [6.45, 7) is 0. The topological polar surface area (TPSA) is 149 Å². The van der Waals surface area contributed by atoms with Gasteiger partial charge < -0.3 is 11.1 Å². The molecule has 0 aliphatic carbocycles. The van der Waals surface area contributed by atoms with Gasteiger partial charge in [0.15, 0.2) is 0 Å². The number of carbonyl (C=O) groups excluding carboxylic acids is 1. The molecule has 13 heteroatoms. The number of urea groups is 1. The van der Waals surface area contributed by atoms with Gasteiger partial charge in [0.2, 0.25) is 10.0 Å². The fourth-order valence-corrected chi connectivity index (χ4v) is 2.82. The molecule has 0 aromatic heterocycles. The largest absolute Gasteiger partial charge is 0.501 e. The van der Waals surface area contributed by atoms with Crippen molar-refractivity contribution in [1.29, 1.82) is 0 Å². The summed E-state index contributed by atoms with van der Waals surface area (Å²) in [4.78, 5) is 8.31. The molecule has 0 aliphatic heterocycles. The Balaban J connectivity index is 3.70. The van der Waals surface area contributed by atoms with Crippen LogP contribution in [0.25, 0.3) is 0 Å². The standard InChI is InChI=1S/C8H8F3N3O5S2/c9-8(10,11)20(16,17)6-3-4(21(13,18)19)1-2-5(6)14-7(12)15/h1-3H,(H3,12,14,15)(H2,13,18,19). The number of anilines is 1. The monoisotopic (exact) mass is 347 g/mol. The number of alkyl halides is 3. The number of hydrogen-bond acceptors (Lipinski definition) is 5. The van der Waals surface area contributed by atoms with Crippen LogP contribution in [-0.2, 0) is 19.9 Å². The number of rotatable bonds is 3. The Kier molecular flexibility index (Phi) is 4.22. The molecule has 21 heavy (non-hydrogen) atoms. The third-order valence-electron chi connectivity index (χ3n) is 2.13. The maximum absolute atomic E-state index is 12.6. The molecular formula is C8H8F3N3O5S2. The minimum absolute atomic E-state index is 0.184. The van der Waals surface area contributed by atoms with Crippen LogP contribution in [0, 0.1) is 0 Å². The summed E-state index contributed by atoms with van der Waals surface area (Å²) < 4.78 is 82.6. The zero-order valence-corrected chi connectivity index (χ0v) is 11.5. The van der Waals surface area contributed by atoms with E-state index >= 15 is 0 Å². The van der Waals surface area contributed by atoms with Crippen molar-refractivity contribution in [3.63, 3.8) is 0 Å². The Bertz CT molecular complexity index is 786. The molecule has 0 saturated carbocycles. The first kappa shape index (κ1) is 17.2. The number of carbonyl (C=O) groups is 1. The van der Waals surface area contributed by atoms with Gasteiger partial charge in [-0.25, -0.2) is 26.8 Å². The number of amides is 2. The summed E-state index contributed by atoms with van der Waals surface area (Å²) in [5.74, 6) is 0. The number of sulfonamides is 1. The zero-order valence-electron chi connectivity index (χ0n) is 9.88. The fraction of sp³-hybridized carbons (Fsp3) is 0.125. The molecule has 0 unspecified atom stereocenters. The second-order valence-corrected chi connectivity index (χ2v) is 7.11. The van der Waals surface area contributed by atoms with Gasteiger partial charge in [0.25, 0.3) is 9.84 Å². The summed E-state index contributed by atoms with van der Waals surface area (Å²) in [5, 5.41) is 6.37. The molecule has 0 saturated heterocycles. The van der Waals surface area contributed by atoms with Gasteiger partial charge in [-0.05, 0) is 18.2 Å². The van der Waals surface area contributed by atoms with E-state index in [1.165, 1.54) is 0 Å². The van der Waals surface area contributed by atoms with Crippen molar-refractivity contribution in [3.8, 4) is 0 Å². The molecule has 1 aromatic carbocycles. The first-order chi connectivity index (χ1) is 9.26. The van der Waals surface area contributed by atoms with E-state index in [-0.39, 0.29) is 6.07 Å². The van der Waals surface area contributed by atoms with Crippen LogP contribution in [0.3, 0.4) is 0 Å². The second kappa shape index (κ2) is 5.16. The van der Waals surface area contributed by atoms with E-state index in [2.05, 4.69) is 0 Å². The Labute approximate surface area is 116 Å². The second-order valence-electron chi connectivity index (χ2n) is 3.64. The molecule has 118 valence electrons. The van der Waals surface area contributed by atoms with Crippen LogP contribution in [0.15, 0.2) is 28.0 Å². The predicted octanol–water partition coefficient (Wildman–Crippen LogP) is 0.118. The normalized spacial score (nSPS) is 13.0. The lowest BCUT2D eigenvalue weighted by Crippen LogP contribution is -2.27. The van der Waals surface area contributed by atoms with E-state index in [9.17, 15) is 34.8 Å². The number of benzene rings is 1. The van der Waals surface area contributed by atoms with Crippen molar-refractivity contribution < 1.29 is 34.8 Å². The quantitative estimate of drug-likeness (QED) is 0.709. The molecule has 0 bridgehead atoms. The van der Waals surface area contributed by atoms with Gasteiger partial charge in [-0.1, -0.05) is 0 Å². The summed E-state index contributed by atoms with van der Waals surface area (Å²) in [6.07, 6.45) is 0. The van der Waals surface area contributed by atoms with Crippen LogP contribution >= 0.6 is 0 Å². The summed E-state index contributed by atoms with van der Waals surface area (Å²) in [7, 11) is -10.4. The predicted molar refractivity (Wildman–Crippen MR) is 64.3 cm³/mol. The summed E-state index contributed by atoms with van der Waals surface area (Å²) in [6, 6.07) is 0.194. The van der Waals surface area contributed by atoms with Gasteiger partial charge in [-0.3, -0.25) is 0 Å². The van der Waals surface area contributed by atoms with Crippen LogP contribution in [0.5, 0.6) is 0 Å². The van der Waals surface area contributed by atoms with Crippen LogP contribution in [0.2, 0.25) is 0 Å². The minimum atomic E-state index is -5.93. The highest BCUT2D eigenvalue weighted by Crippen LogP contribution is 2.35. The van der Waals surface area contributed by atoms with Gasteiger partial charge in [0.1, 0.15) is 4.90 Å². The molecule has 0 spiro atoms. The maximum Gasteiger partial charge on any atom is 0.501 e. The molecule has 0 radical (unpaired) electrons. The Morgan fingerprint density at radius 3 is 2.05 bits per heavy atom. The SMILES string of the molecule is NC(=O)Nc1ccc(S(N)(=O)=O)cc1S(=O)(=O)C(F)(F)F. The van der Waals surface area contributed by atoms with Gasteiger partial charge >= 0.3 is 11.5 Å². The Hall–Kier alpha value is -1.86. The zero-order chi connectivity index (χ0) is 16.6. The van der Waals surface area contributed by atoms with E-state index < -0.39 is 46.9 Å². The van der Waals surface area contributed by atoms with Gasteiger partial charge in [-0.2, -0.15) is 13.2 Å². The number of hydrogen-bond donors (Lipinski definition) is 3. The smallest absolute Gasteiger partial charge is 0.351 e. The summed E-state index contributed by atoms with van der Waals surface area (Å²) >= 11 is 0. The van der Waals surface area contributed by atoms with Crippen molar-refractivity contribution in [2.24, 2.45) is 10.9 Å². The third-order valence-corrected chi connectivity index (χ3v) is 4.57. The van der Waals surface area contributed by atoms with E-state index in [4.69, 9.17) is 10.9 Å². The lowest BCUT2D eigenvalue weighted by molar-refractivity contribution is -0.0435. The van der Waals surface area contributed by atoms with E-state index in [1.807, 2.05) is 0 Å². The highest BCUT2D eigenvalue weighted by molar-refractivity contribution is 7.92. The van der Waals surface area contributed by atoms with Crippen LogP contribution in [0.1, 0.15) is 0 Å². The number of primary sulfonamides is 1. The average molecular weight is 347 g/mol. The summed E-state index contributed by atoms with van der Waals surface area (Å²) in [5.41, 5.74) is -1.84. The lowest BCUT2D eigenvalue weighted by atomic mass is 10.3. The van der Waals surface area contributed by atoms with Crippen LogP contribution in [0.4, 0.5) is 23.7 Å². The first-order valence-corrected chi connectivity index (χ1v) is 7.84. The van der Waals surface area contributed by atoms with Crippen molar-refractivity contribution in [2.45, 2.75) is 15.3 Å². The maximum atomic E-state index is 12.6. The van der Waals surface area contributed by atoms with E-state index in [0.717, 1.165) is 6.07 Å². The molecule has 0 atom stereocenters. The number of halogens is 3. The van der Waals surface area contributed by atoms with Gasteiger partial charge in [0.05, 0.1) is 10.6 Å². The van der Waals surface area contributed by atoms with E-state index in [0.29, 0.717) is 6.07 Å². The van der Waals surface area contributed by atoms with Crippen molar-refractivity contribution >= 4 is 31.6 Å². The van der Waals surface area contributed by atoms with Gasteiger partial charge in [0, 0.05) is 0 Å². The number of nitrogens with one attached hydrogen (secondary N) is 1. The molecule has 0 aliphatic rings. The van der Waals surface area contributed by atoms with Gasteiger partial charge in [-0.15, -0.1) is 0 Å². The van der Waals surface area contributed by atoms with Crippen molar-refractivity contribution in [3.05, 3.63) is 18.2 Å². The minimum Gasteiger partial charge on any atom is -0.351 e. The Morgan fingerprint density at radius 2 is 1.67 bits per heavy atom. The molecule has 2 amide bonds. The van der Waals surface area contributed by atoms with E-state index in [1.54, 1.807) is 5.32 Å². The molecular weight excluding hydrogens is 339 g/mol. The first-order valence-electron chi connectivity index (χ1n) is 4.81. The number of nitrogens with two attached hydrogens (primary N) is 2. The fourth-order valence-electron chi connectivity index (χ4n) is 1.26. The highest BCUT2D eigenvalue weighted by atomic mass is 32.2. The number of primary amides is 1. The van der Waals surface area contributed by atoms with Crippen molar-refractivity contribution in [1.82, 2.24) is 0 Å². The Morgan fingerprint density at radius 1 is 1.14 bits per heavy atom. The number of sulfone groups is 1.